The van der Waals surface area contributed by atoms with E-state index in [-0.39, 0.29) is 5.91 Å². The van der Waals surface area contributed by atoms with Gasteiger partial charge in [-0.05, 0) is 25.1 Å². The predicted molar refractivity (Wildman–Crippen MR) is 62.9 cm³/mol. The lowest BCUT2D eigenvalue weighted by molar-refractivity contribution is -0.116. The zero-order valence-corrected chi connectivity index (χ0v) is 10.2. The van der Waals surface area contributed by atoms with Crippen LogP contribution in [0.5, 0.6) is 0 Å². The van der Waals surface area contributed by atoms with E-state index in [0.29, 0.717) is 5.75 Å². The average molecular weight is 272 g/mol. The molecule has 0 bridgehead atoms. The van der Waals surface area contributed by atoms with Crippen molar-refractivity contribution in [2.24, 2.45) is 0 Å². The van der Waals surface area contributed by atoms with Crippen LogP contribution in [0, 0.1) is 0 Å². The smallest absolute Gasteiger partial charge is 0.237 e. The van der Waals surface area contributed by atoms with Gasteiger partial charge in [0, 0.05) is 15.9 Å². The van der Waals surface area contributed by atoms with Crippen LogP contribution in [0.4, 0.5) is 5.69 Å². The molecule has 2 rings (SSSR count). The van der Waals surface area contributed by atoms with Gasteiger partial charge in [0.2, 0.25) is 5.91 Å². The highest BCUT2D eigenvalue weighted by Crippen LogP contribution is 2.36. The van der Waals surface area contributed by atoms with Crippen molar-refractivity contribution in [1.82, 2.24) is 0 Å². The minimum Gasteiger partial charge on any atom is -0.311 e. The number of hydrogen-bond donors (Lipinski definition) is 0. The van der Waals surface area contributed by atoms with Crippen molar-refractivity contribution in [3.05, 3.63) is 22.7 Å². The van der Waals surface area contributed by atoms with Crippen LogP contribution >= 0.6 is 27.7 Å². The highest BCUT2D eigenvalue weighted by atomic mass is 79.9. The van der Waals surface area contributed by atoms with E-state index in [1.165, 1.54) is 4.90 Å². The number of carbonyl (C=O) groups is 1. The third-order valence-electron chi connectivity index (χ3n) is 2.18. The molecule has 1 amide bonds. The van der Waals surface area contributed by atoms with Crippen LogP contribution < -0.4 is 4.90 Å². The fourth-order valence-corrected chi connectivity index (χ4v) is 3.01. The Hall–Kier alpha value is -0.480. The monoisotopic (exact) mass is 271 g/mol. The van der Waals surface area contributed by atoms with E-state index >= 15 is 0 Å². The number of halogens is 1. The maximum absolute atomic E-state index is 11.6. The van der Waals surface area contributed by atoms with Crippen LogP contribution in [0.1, 0.15) is 6.92 Å². The molecule has 0 spiro atoms. The number of fused-ring (bicyclic) bond motifs is 1. The summed E-state index contributed by atoms with van der Waals surface area (Å²) in [6, 6.07) is 6.03. The van der Waals surface area contributed by atoms with Crippen molar-refractivity contribution < 1.29 is 4.79 Å². The lowest BCUT2D eigenvalue weighted by Gasteiger charge is -2.27. The van der Waals surface area contributed by atoms with Crippen LogP contribution in [0.15, 0.2) is 27.6 Å². The molecule has 0 saturated carbocycles. The summed E-state index contributed by atoms with van der Waals surface area (Å²) in [5, 5.41) is 0. The van der Waals surface area contributed by atoms with Gasteiger partial charge in [-0.2, -0.15) is 0 Å². The van der Waals surface area contributed by atoms with Gasteiger partial charge in [-0.25, -0.2) is 0 Å². The van der Waals surface area contributed by atoms with E-state index in [1.807, 2.05) is 24.0 Å². The molecular formula is C10H10BrNOS. The van der Waals surface area contributed by atoms with Gasteiger partial charge in [0.1, 0.15) is 0 Å². The molecule has 4 heteroatoms. The largest absolute Gasteiger partial charge is 0.311 e. The first kappa shape index (κ1) is 10.1. The molecule has 1 aliphatic rings. The van der Waals surface area contributed by atoms with Crippen molar-refractivity contribution in [1.29, 1.82) is 0 Å². The Labute approximate surface area is 95.8 Å². The SMILES string of the molecule is CCN1C(=O)CSc2cc(Br)ccc21. The summed E-state index contributed by atoms with van der Waals surface area (Å²) < 4.78 is 1.06. The summed E-state index contributed by atoms with van der Waals surface area (Å²) in [4.78, 5) is 14.6. The molecule has 1 heterocycles. The van der Waals surface area contributed by atoms with Crippen LogP contribution in [-0.4, -0.2) is 18.2 Å². The number of thioether (sulfide) groups is 1. The second-order valence-corrected chi connectivity index (χ2v) is 4.97. The molecule has 14 heavy (non-hydrogen) atoms. The van der Waals surface area contributed by atoms with Crippen LogP contribution in [0.25, 0.3) is 0 Å². The maximum atomic E-state index is 11.6. The average Bonchev–Trinajstić information content (AvgIpc) is 2.18. The molecule has 1 aliphatic heterocycles. The summed E-state index contributed by atoms with van der Waals surface area (Å²) in [6.07, 6.45) is 0. The van der Waals surface area contributed by atoms with Crippen molar-refractivity contribution >= 4 is 39.3 Å². The summed E-state index contributed by atoms with van der Waals surface area (Å²) in [6.45, 7) is 2.74. The Bertz CT molecular complexity index is 380. The molecule has 0 fully saturated rings. The molecule has 74 valence electrons. The van der Waals surface area contributed by atoms with Gasteiger partial charge in [-0.3, -0.25) is 4.79 Å². The van der Waals surface area contributed by atoms with Gasteiger partial charge >= 0.3 is 0 Å². The van der Waals surface area contributed by atoms with Crippen molar-refractivity contribution in [3.8, 4) is 0 Å². The van der Waals surface area contributed by atoms with Gasteiger partial charge < -0.3 is 4.90 Å². The summed E-state index contributed by atoms with van der Waals surface area (Å²) >= 11 is 5.04. The van der Waals surface area contributed by atoms with Crippen molar-refractivity contribution in [3.63, 3.8) is 0 Å². The van der Waals surface area contributed by atoms with Crippen LogP contribution in [0.2, 0.25) is 0 Å². The normalized spacial score (nSPS) is 15.6. The Morgan fingerprint density at radius 1 is 1.57 bits per heavy atom. The van der Waals surface area contributed by atoms with E-state index in [4.69, 9.17) is 0 Å². The molecule has 0 aromatic heterocycles. The highest BCUT2D eigenvalue weighted by Gasteiger charge is 2.22. The Balaban J connectivity index is 2.47. The predicted octanol–water partition coefficient (Wildman–Crippen LogP) is 2.91. The standard InChI is InChI=1S/C10H10BrNOS/c1-2-12-8-4-3-7(11)5-9(8)14-6-10(12)13/h3-5H,2,6H2,1H3. The quantitative estimate of drug-likeness (QED) is 0.783. The molecule has 0 radical (unpaired) electrons. The first-order valence-electron chi connectivity index (χ1n) is 4.45. The minimum atomic E-state index is 0.201. The van der Waals surface area contributed by atoms with Gasteiger partial charge in [-0.15, -0.1) is 11.8 Å². The second kappa shape index (κ2) is 3.95. The first-order chi connectivity index (χ1) is 6.72. The number of carbonyl (C=O) groups excluding carboxylic acids is 1. The van der Waals surface area contributed by atoms with E-state index < -0.39 is 0 Å². The number of amides is 1. The summed E-state index contributed by atoms with van der Waals surface area (Å²) in [5.41, 5.74) is 1.04. The van der Waals surface area contributed by atoms with Gasteiger partial charge in [0.15, 0.2) is 0 Å². The molecule has 0 N–H and O–H groups in total. The van der Waals surface area contributed by atoms with Crippen LogP contribution in [0.3, 0.4) is 0 Å². The molecule has 0 atom stereocenters. The van der Waals surface area contributed by atoms with Gasteiger partial charge in [0.25, 0.3) is 0 Å². The van der Waals surface area contributed by atoms with Crippen LogP contribution in [-0.2, 0) is 4.79 Å². The molecular weight excluding hydrogens is 262 g/mol. The van der Waals surface area contributed by atoms with E-state index in [1.54, 1.807) is 11.8 Å². The number of rotatable bonds is 1. The number of hydrogen-bond acceptors (Lipinski definition) is 2. The molecule has 1 aromatic carbocycles. The Kier molecular flexibility index (Phi) is 2.83. The third-order valence-corrected chi connectivity index (χ3v) is 3.70. The fraction of sp³-hybridized carbons (Fsp3) is 0.300. The van der Waals surface area contributed by atoms with Gasteiger partial charge in [0.05, 0.1) is 11.4 Å². The van der Waals surface area contributed by atoms with E-state index in [9.17, 15) is 4.79 Å². The fourth-order valence-electron chi connectivity index (χ4n) is 1.53. The third kappa shape index (κ3) is 1.68. The number of nitrogens with zero attached hydrogens (tertiary/aromatic N) is 1. The molecule has 2 nitrogen and oxygen atoms in total. The summed E-state index contributed by atoms with van der Waals surface area (Å²) in [5.74, 6) is 0.754. The first-order valence-corrected chi connectivity index (χ1v) is 6.23. The lowest BCUT2D eigenvalue weighted by atomic mass is 10.2. The lowest BCUT2D eigenvalue weighted by Crippen LogP contribution is -2.34. The summed E-state index contributed by atoms with van der Waals surface area (Å²) in [7, 11) is 0. The molecule has 1 aromatic rings. The zero-order valence-electron chi connectivity index (χ0n) is 7.79. The minimum absolute atomic E-state index is 0.201. The van der Waals surface area contributed by atoms with Crippen molar-refractivity contribution in [2.45, 2.75) is 11.8 Å². The Morgan fingerprint density at radius 3 is 3.07 bits per heavy atom. The highest BCUT2D eigenvalue weighted by molar-refractivity contribution is 9.10. The Morgan fingerprint density at radius 2 is 2.36 bits per heavy atom. The molecule has 0 saturated heterocycles. The van der Waals surface area contributed by atoms with E-state index in [0.717, 1.165) is 16.7 Å². The van der Waals surface area contributed by atoms with E-state index in [2.05, 4.69) is 22.0 Å². The molecule has 0 unspecified atom stereocenters. The zero-order chi connectivity index (χ0) is 10.1. The number of anilines is 1. The molecule has 0 aliphatic carbocycles. The maximum Gasteiger partial charge on any atom is 0.237 e. The van der Waals surface area contributed by atoms with Gasteiger partial charge in [-0.1, -0.05) is 15.9 Å². The van der Waals surface area contributed by atoms with Crippen molar-refractivity contribution in [2.75, 3.05) is 17.2 Å². The second-order valence-electron chi connectivity index (χ2n) is 3.04. The topological polar surface area (TPSA) is 20.3 Å². The number of benzene rings is 1.